The molecule has 0 aliphatic heterocycles. The number of halogens is 2. The molecule has 0 spiro atoms. The van der Waals surface area contributed by atoms with Crippen molar-refractivity contribution in [1.29, 1.82) is 0 Å². The van der Waals surface area contributed by atoms with Crippen molar-refractivity contribution < 1.29 is 9.63 Å². The molecular formula is C10H11Cl2NO2S. The van der Waals surface area contributed by atoms with Crippen LogP contribution in [0.25, 0.3) is 0 Å². The number of hydrogen-bond donors (Lipinski definition) is 1. The normalized spacial score (nSPS) is 12.2. The molecule has 0 saturated heterocycles. The van der Waals surface area contributed by atoms with E-state index in [0.717, 1.165) is 4.90 Å². The van der Waals surface area contributed by atoms with Crippen LogP contribution in [0.2, 0.25) is 10.0 Å². The molecule has 1 aromatic carbocycles. The van der Waals surface area contributed by atoms with Gasteiger partial charge in [0.05, 0.1) is 17.4 Å². The van der Waals surface area contributed by atoms with Gasteiger partial charge in [0.25, 0.3) is 5.91 Å². The van der Waals surface area contributed by atoms with Crippen molar-refractivity contribution in [3.63, 3.8) is 0 Å². The highest BCUT2D eigenvalue weighted by Gasteiger charge is 2.15. The van der Waals surface area contributed by atoms with Crippen molar-refractivity contribution in [2.24, 2.45) is 0 Å². The zero-order valence-corrected chi connectivity index (χ0v) is 11.1. The summed E-state index contributed by atoms with van der Waals surface area (Å²) in [5.41, 5.74) is 2.26. The topological polar surface area (TPSA) is 38.3 Å². The molecule has 0 fully saturated rings. The van der Waals surface area contributed by atoms with Gasteiger partial charge in [0, 0.05) is 9.92 Å². The third kappa shape index (κ3) is 3.87. The molecule has 3 nitrogen and oxygen atoms in total. The van der Waals surface area contributed by atoms with E-state index in [1.807, 2.05) is 0 Å². The number of carbonyl (C=O) groups excluding carboxylic acids is 1. The Hall–Kier alpha value is -0.420. The molecular weight excluding hydrogens is 269 g/mol. The number of rotatable bonds is 4. The standard InChI is InChI=1S/C10H11Cl2NO2S/c1-6(10(14)13-15-2)16-9-5-7(11)3-4-8(9)12/h3-6H,1-2H3,(H,13,14)/t6-/m0/s1. The molecule has 1 N–H and O–H groups in total. The highest BCUT2D eigenvalue weighted by atomic mass is 35.5. The van der Waals surface area contributed by atoms with Crippen LogP contribution in [0.1, 0.15) is 6.92 Å². The van der Waals surface area contributed by atoms with Crippen LogP contribution in [-0.4, -0.2) is 18.3 Å². The molecule has 6 heteroatoms. The van der Waals surface area contributed by atoms with Crippen LogP contribution >= 0.6 is 35.0 Å². The number of benzene rings is 1. The molecule has 0 saturated carbocycles. The van der Waals surface area contributed by atoms with Gasteiger partial charge >= 0.3 is 0 Å². The SMILES string of the molecule is CONC(=O)[C@H](C)Sc1cc(Cl)ccc1Cl. The molecule has 1 aromatic rings. The Morgan fingerprint density at radius 3 is 2.81 bits per heavy atom. The Morgan fingerprint density at radius 2 is 2.19 bits per heavy atom. The first-order valence-electron chi connectivity index (χ1n) is 4.49. The second kappa shape index (κ2) is 6.35. The van der Waals surface area contributed by atoms with Crippen molar-refractivity contribution >= 4 is 40.9 Å². The Morgan fingerprint density at radius 1 is 1.50 bits per heavy atom. The molecule has 1 rings (SSSR count). The predicted octanol–water partition coefficient (Wildman–Crippen LogP) is 3.15. The average Bonchev–Trinajstić information content (AvgIpc) is 2.23. The Bertz CT molecular complexity index is 387. The molecule has 0 aliphatic rings. The fourth-order valence-electron chi connectivity index (χ4n) is 0.995. The van der Waals surface area contributed by atoms with Gasteiger partial charge in [-0.15, -0.1) is 11.8 Å². The summed E-state index contributed by atoms with van der Waals surface area (Å²) in [5.74, 6) is -0.219. The summed E-state index contributed by atoms with van der Waals surface area (Å²) in [5, 5.41) is 0.855. The average molecular weight is 280 g/mol. The van der Waals surface area contributed by atoms with Gasteiger partial charge < -0.3 is 0 Å². The summed E-state index contributed by atoms with van der Waals surface area (Å²) < 4.78 is 0. The van der Waals surface area contributed by atoms with E-state index in [0.29, 0.717) is 10.0 Å². The summed E-state index contributed by atoms with van der Waals surface area (Å²) >= 11 is 13.1. The largest absolute Gasteiger partial charge is 0.277 e. The van der Waals surface area contributed by atoms with E-state index in [4.69, 9.17) is 23.2 Å². The molecule has 16 heavy (non-hydrogen) atoms. The summed E-state index contributed by atoms with van der Waals surface area (Å²) in [7, 11) is 1.39. The van der Waals surface area contributed by atoms with Crippen molar-refractivity contribution in [3.8, 4) is 0 Å². The zero-order chi connectivity index (χ0) is 12.1. The van der Waals surface area contributed by atoms with Gasteiger partial charge in [0.2, 0.25) is 0 Å². The fraction of sp³-hybridized carbons (Fsp3) is 0.300. The first kappa shape index (κ1) is 13.6. The fourth-order valence-corrected chi connectivity index (χ4v) is 2.39. The maximum Gasteiger partial charge on any atom is 0.256 e. The molecule has 0 bridgehead atoms. The van der Waals surface area contributed by atoms with Gasteiger partial charge in [-0.1, -0.05) is 23.2 Å². The van der Waals surface area contributed by atoms with Gasteiger partial charge in [0.1, 0.15) is 0 Å². The number of hydroxylamine groups is 1. The van der Waals surface area contributed by atoms with Crippen LogP contribution in [-0.2, 0) is 9.63 Å². The van der Waals surface area contributed by atoms with Gasteiger partial charge in [-0.2, -0.15) is 0 Å². The lowest BCUT2D eigenvalue weighted by molar-refractivity contribution is -0.130. The van der Waals surface area contributed by atoms with Crippen molar-refractivity contribution in [1.82, 2.24) is 5.48 Å². The Kier molecular flexibility index (Phi) is 5.41. The number of amides is 1. The molecule has 0 heterocycles. The van der Waals surface area contributed by atoms with Crippen LogP contribution in [0, 0.1) is 0 Å². The van der Waals surface area contributed by atoms with Crippen LogP contribution in [0.3, 0.4) is 0 Å². The zero-order valence-electron chi connectivity index (χ0n) is 8.79. The van der Waals surface area contributed by atoms with Crippen molar-refractivity contribution in [3.05, 3.63) is 28.2 Å². The van der Waals surface area contributed by atoms with E-state index in [-0.39, 0.29) is 11.2 Å². The first-order chi connectivity index (χ1) is 7.54. The van der Waals surface area contributed by atoms with Gasteiger partial charge in [-0.25, -0.2) is 5.48 Å². The quantitative estimate of drug-likeness (QED) is 0.680. The van der Waals surface area contributed by atoms with Crippen LogP contribution < -0.4 is 5.48 Å². The third-order valence-electron chi connectivity index (χ3n) is 1.77. The Labute approximate surface area is 108 Å². The monoisotopic (exact) mass is 279 g/mol. The van der Waals surface area contributed by atoms with E-state index in [1.165, 1.54) is 18.9 Å². The molecule has 1 amide bonds. The minimum atomic E-state index is -0.309. The number of thioether (sulfide) groups is 1. The molecule has 0 aliphatic carbocycles. The second-order valence-corrected chi connectivity index (χ2v) is 5.23. The number of hydrogen-bond acceptors (Lipinski definition) is 3. The van der Waals surface area contributed by atoms with E-state index in [2.05, 4.69) is 10.3 Å². The lowest BCUT2D eigenvalue weighted by Gasteiger charge is -2.11. The smallest absolute Gasteiger partial charge is 0.256 e. The number of nitrogens with one attached hydrogen (secondary N) is 1. The summed E-state index contributed by atoms with van der Waals surface area (Å²) in [6.07, 6.45) is 0. The van der Waals surface area contributed by atoms with Crippen molar-refractivity contribution in [2.75, 3.05) is 7.11 Å². The third-order valence-corrected chi connectivity index (χ3v) is 3.60. The number of carbonyl (C=O) groups is 1. The van der Waals surface area contributed by atoms with Crippen molar-refractivity contribution in [2.45, 2.75) is 17.1 Å². The molecule has 0 radical (unpaired) electrons. The van der Waals surface area contributed by atoms with E-state index in [1.54, 1.807) is 25.1 Å². The van der Waals surface area contributed by atoms with E-state index in [9.17, 15) is 4.79 Å². The highest BCUT2D eigenvalue weighted by Crippen LogP contribution is 2.32. The maximum absolute atomic E-state index is 11.4. The lowest BCUT2D eigenvalue weighted by Crippen LogP contribution is -2.29. The van der Waals surface area contributed by atoms with Crippen LogP contribution in [0.5, 0.6) is 0 Å². The van der Waals surface area contributed by atoms with Crippen LogP contribution in [0.4, 0.5) is 0 Å². The van der Waals surface area contributed by atoms with E-state index >= 15 is 0 Å². The second-order valence-electron chi connectivity index (χ2n) is 3.01. The molecule has 0 unspecified atom stereocenters. The van der Waals surface area contributed by atoms with E-state index < -0.39 is 0 Å². The predicted molar refractivity (Wildman–Crippen MR) is 66.9 cm³/mol. The van der Waals surface area contributed by atoms with Gasteiger partial charge in [-0.3, -0.25) is 9.63 Å². The Balaban J connectivity index is 2.72. The summed E-state index contributed by atoms with van der Waals surface area (Å²) in [6.45, 7) is 1.76. The highest BCUT2D eigenvalue weighted by molar-refractivity contribution is 8.00. The maximum atomic E-state index is 11.4. The molecule has 88 valence electrons. The molecule has 1 atom stereocenters. The van der Waals surface area contributed by atoms with Gasteiger partial charge in [-0.05, 0) is 25.1 Å². The first-order valence-corrected chi connectivity index (χ1v) is 6.12. The summed E-state index contributed by atoms with van der Waals surface area (Å²) in [4.78, 5) is 16.7. The minimum Gasteiger partial charge on any atom is -0.277 e. The van der Waals surface area contributed by atoms with Gasteiger partial charge in [0.15, 0.2) is 0 Å². The van der Waals surface area contributed by atoms with Crippen LogP contribution in [0.15, 0.2) is 23.1 Å². The molecule has 0 aromatic heterocycles. The minimum absolute atomic E-state index is 0.219. The summed E-state index contributed by atoms with van der Waals surface area (Å²) in [6, 6.07) is 5.13. The lowest BCUT2D eigenvalue weighted by atomic mass is 10.4.